The van der Waals surface area contributed by atoms with Crippen LogP contribution >= 0.6 is 11.8 Å². The van der Waals surface area contributed by atoms with Gasteiger partial charge in [-0.05, 0) is 6.42 Å². The van der Waals surface area contributed by atoms with Gasteiger partial charge in [-0.25, -0.2) is 0 Å². The predicted molar refractivity (Wildman–Crippen MR) is 54.0 cm³/mol. The minimum Gasteiger partial charge on any atom is -0.480 e. The van der Waals surface area contributed by atoms with Crippen LogP contribution in [0.15, 0.2) is 6.20 Å². The van der Waals surface area contributed by atoms with Crippen molar-refractivity contribution in [2.75, 3.05) is 0 Å². The van der Waals surface area contributed by atoms with Crippen molar-refractivity contribution in [3.63, 3.8) is 0 Å². The van der Waals surface area contributed by atoms with Crippen LogP contribution < -0.4 is 0 Å². The molecule has 0 bridgehead atoms. The number of thioether (sulfide) groups is 1. The molecule has 78 valence electrons. The van der Waals surface area contributed by atoms with Crippen LogP contribution in [-0.2, 0) is 17.6 Å². The molecule has 1 N–H and O–H groups in total. The Morgan fingerprint density at radius 1 is 1.79 bits per heavy atom. The van der Waals surface area contributed by atoms with Crippen molar-refractivity contribution >= 4 is 17.7 Å². The van der Waals surface area contributed by atoms with Crippen molar-refractivity contribution in [1.29, 1.82) is 0 Å². The van der Waals surface area contributed by atoms with Crippen LogP contribution in [0.2, 0.25) is 0 Å². The van der Waals surface area contributed by atoms with E-state index in [2.05, 4.69) is 10.3 Å². The summed E-state index contributed by atoms with van der Waals surface area (Å²) in [5.41, 5.74) is 0.817. The SMILES string of the molecule is CCC(SCc1cn(C)nn1)C(=O)O. The number of carboxylic acid groups (broad SMARTS) is 1. The van der Waals surface area contributed by atoms with Gasteiger partial charge in [-0.1, -0.05) is 12.1 Å². The van der Waals surface area contributed by atoms with Crippen molar-refractivity contribution in [3.05, 3.63) is 11.9 Å². The van der Waals surface area contributed by atoms with Crippen LogP contribution in [0.25, 0.3) is 0 Å². The van der Waals surface area contributed by atoms with Crippen molar-refractivity contribution in [3.8, 4) is 0 Å². The van der Waals surface area contributed by atoms with E-state index in [1.165, 1.54) is 11.8 Å². The lowest BCUT2D eigenvalue weighted by molar-refractivity contribution is -0.136. The van der Waals surface area contributed by atoms with Gasteiger partial charge < -0.3 is 5.11 Å². The standard InChI is InChI=1S/C8H13N3O2S/c1-3-7(8(12)13)14-5-6-4-11(2)10-9-6/h4,7H,3,5H2,1-2H3,(H,12,13). The molecular weight excluding hydrogens is 202 g/mol. The molecule has 1 atom stereocenters. The maximum absolute atomic E-state index is 10.7. The van der Waals surface area contributed by atoms with Gasteiger partial charge in [0.15, 0.2) is 0 Å². The van der Waals surface area contributed by atoms with E-state index in [-0.39, 0.29) is 5.25 Å². The number of nitrogens with zero attached hydrogens (tertiary/aromatic N) is 3. The Labute approximate surface area is 86.5 Å². The molecule has 0 saturated carbocycles. The van der Waals surface area contributed by atoms with E-state index >= 15 is 0 Å². The first-order chi connectivity index (χ1) is 6.63. The van der Waals surface area contributed by atoms with Gasteiger partial charge in [0.2, 0.25) is 0 Å². The molecule has 5 nitrogen and oxygen atoms in total. The second kappa shape index (κ2) is 4.99. The maximum Gasteiger partial charge on any atom is 0.316 e. The molecule has 1 heterocycles. The minimum atomic E-state index is -0.763. The maximum atomic E-state index is 10.7. The van der Waals surface area contributed by atoms with Gasteiger partial charge in [0.1, 0.15) is 5.25 Å². The number of aryl methyl sites for hydroxylation is 1. The molecular formula is C8H13N3O2S. The van der Waals surface area contributed by atoms with E-state index in [1.807, 2.05) is 6.92 Å². The largest absolute Gasteiger partial charge is 0.480 e. The fraction of sp³-hybridized carbons (Fsp3) is 0.625. The third-order valence-electron chi connectivity index (χ3n) is 1.73. The predicted octanol–water partition coefficient (Wildman–Crippen LogP) is 0.911. The van der Waals surface area contributed by atoms with Gasteiger partial charge in [-0.15, -0.1) is 16.9 Å². The van der Waals surface area contributed by atoms with Crippen LogP contribution in [0, 0.1) is 0 Å². The summed E-state index contributed by atoms with van der Waals surface area (Å²) in [5.74, 6) is -0.167. The Morgan fingerprint density at radius 2 is 2.50 bits per heavy atom. The number of hydrogen-bond donors (Lipinski definition) is 1. The Kier molecular flexibility index (Phi) is 3.94. The third-order valence-corrected chi connectivity index (χ3v) is 3.13. The van der Waals surface area contributed by atoms with Crippen molar-refractivity contribution in [1.82, 2.24) is 15.0 Å². The number of aliphatic carboxylic acids is 1. The molecule has 0 aliphatic rings. The molecule has 14 heavy (non-hydrogen) atoms. The van der Waals surface area contributed by atoms with Gasteiger partial charge in [-0.3, -0.25) is 9.48 Å². The first-order valence-corrected chi connectivity index (χ1v) is 5.38. The van der Waals surface area contributed by atoms with E-state index in [9.17, 15) is 4.79 Å². The number of hydrogen-bond acceptors (Lipinski definition) is 4. The molecule has 6 heteroatoms. The molecule has 0 radical (unpaired) electrons. The zero-order valence-electron chi connectivity index (χ0n) is 8.17. The second-order valence-corrected chi connectivity index (χ2v) is 4.12. The summed E-state index contributed by atoms with van der Waals surface area (Å²) in [6, 6.07) is 0. The van der Waals surface area contributed by atoms with Gasteiger partial charge in [0.25, 0.3) is 0 Å². The summed E-state index contributed by atoms with van der Waals surface area (Å²) in [7, 11) is 1.79. The molecule has 1 aromatic heterocycles. The van der Waals surface area contributed by atoms with Crippen LogP contribution in [0.1, 0.15) is 19.0 Å². The van der Waals surface area contributed by atoms with Crippen molar-refractivity contribution < 1.29 is 9.90 Å². The third kappa shape index (κ3) is 3.02. The Morgan fingerprint density at radius 3 is 2.93 bits per heavy atom. The highest BCUT2D eigenvalue weighted by Crippen LogP contribution is 2.18. The molecule has 0 spiro atoms. The van der Waals surface area contributed by atoms with Gasteiger partial charge in [0.05, 0.1) is 5.69 Å². The molecule has 1 unspecified atom stereocenters. The topological polar surface area (TPSA) is 68.0 Å². The zero-order valence-corrected chi connectivity index (χ0v) is 8.99. The van der Waals surface area contributed by atoms with Gasteiger partial charge >= 0.3 is 5.97 Å². The fourth-order valence-electron chi connectivity index (χ4n) is 1.01. The molecule has 0 aliphatic carbocycles. The first kappa shape index (κ1) is 11.0. The highest BCUT2D eigenvalue weighted by atomic mass is 32.2. The Balaban J connectivity index is 2.43. The molecule has 0 aliphatic heterocycles. The van der Waals surface area contributed by atoms with Crippen LogP contribution in [0.3, 0.4) is 0 Å². The molecule has 0 fully saturated rings. The first-order valence-electron chi connectivity index (χ1n) is 4.33. The normalized spacial score (nSPS) is 12.7. The van der Waals surface area contributed by atoms with Gasteiger partial charge in [0, 0.05) is 19.0 Å². The lowest BCUT2D eigenvalue weighted by Gasteiger charge is -2.06. The summed E-state index contributed by atoms with van der Waals surface area (Å²) < 4.78 is 1.61. The molecule has 0 amide bonds. The van der Waals surface area contributed by atoms with Crippen LogP contribution in [0.4, 0.5) is 0 Å². The molecule has 0 saturated heterocycles. The molecule has 1 rings (SSSR count). The van der Waals surface area contributed by atoms with Crippen LogP contribution in [-0.4, -0.2) is 31.3 Å². The van der Waals surface area contributed by atoms with E-state index in [0.29, 0.717) is 12.2 Å². The van der Waals surface area contributed by atoms with Gasteiger partial charge in [-0.2, -0.15) is 0 Å². The van der Waals surface area contributed by atoms with E-state index in [1.54, 1.807) is 17.9 Å². The quantitative estimate of drug-likeness (QED) is 0.790. The highest BCUT2D eigenvalue weighted by Gasteiger charge is 2.15. The minimum absolute atomic E-state index is 0.350. The smallest absolute Gasteiger partial charge is 0.316 e. The monoisotopic (exact) mass is 215 g/mol. The molecule has 1 aromatic rings. The number of rotatable bonds is 5. The average molecular weight is 215 g/mol. The Bertz CT molecular complexity index is 313. The van der Waals surface area contributed by atoms with Crippen molar-refractivity contribution in [2.45, 2.75) is 24.3 Å². The van der Waals surface area contributed by atoms with E-state index in [0.717, 1.165) is 5.69 Å². The lowest BCUT2D eigenvalue weighted by atomic mass is 10.3. The Hall–Kier alpha value is -1.04. The summed E-state index contributed by atoms with van der Waals surface area (Å²) in [6.07, 6.45) is 2.42. The summed E-state index contributed by atoms with van der Waals surface area (Å²) in [4.78, 5) is 10.7. The summed E-state index contributed by atoms with van der Waals surface area (Å²) >= 11 is 1.38. The van der Waals surface area contributed by atoms with E-state index in [4.69, 9.17) is 5.11 Å². The fourth-order valence-corrected chi connectivity index (χ4v) is 1.89. The van der Waals surface area contributed by atoms with Crippen LogP contribution in [0.5, 0.6) is 0 Å². The number of aromatic nitrogens is 3. The second-order valence-electron chi connectivity index (χ2n) is 2.93. The summed E-state index contributed by atoms with van der Waals surface area (Å²) in [5, 5.41) is 16.1. The molecule has 0 aromatic carbocycles. The van der Waals surface area contributed by atoms with Crippen molar-refractivity contribution in [2.24, 2.45) is 7.05 Å². The zero-order chi connectivity index (χ0) is 10.6. The number of carbonyl (C=O) groups is 1. The van der Waals surface area contributed by atoms with E-state index < -0.39 is 5.97 Å². The highest BCUT2D eigenvalue weighted by molar-refractivity contribution is 7.99. The average Bonchev–Trinajstić information content (AvgIpc) is 2.52. The lowest BCUT2D eigenvalue weighted by Crippen LogP contribution is -2.15. The number of carboxylic acids is 1. The summed E-state index contributed by atoms with van der Waals surface area (Å²) in [6.45, 7) is 1.86.